The zero-order valence-electron chi connectivity index (χ0n) is 24.5. The quantitative estimate of drug-likeness (QED) is 0.0483. The van der Waals surface area contributed by atoms with Crippen molar-refractivity contribution >= 4 is 42.0 Å². The summed E-state index contributed by atoms with van der Waals surface area (Å²) in [5.74, 6) is 1.32. The Morgan fingerprint density at radius 1 is 1.26 bits per heavy atom. The number of hydrogen-bond acceptors (Lipinski definition) is 8. The lowest BCUT2D eigenvalue weighted by Gasteiger charge is -2.42. The van der Waals surface area contributed by atoms with Gasteiger partial charge in [0.1, 0.15) is 11.9 Å². The molecule has 1 heterocycles. The van der Waals surface area contributed by atoms with E-state index in [1.54, 1.807) is 19.1 Å². The minimum absolute atomic E-state index is 0.0464. The van der Waals surface area contributed by atoms with Gasteiger partial charge in [0.05, 0.1) is 31.8 Å². The van der Waals surface area contributed by atoms with E-state index in [4.69, 9.17) is 46.9 Å². The van der Waals surface area contributed by atoms with Crippen LogP contribution in [0.15, 0.2) is 77.3 Å². The van der Waals surface area contributed by atoms with Crippen LogP contribution in [0.3, 0.4) is 0 Å². The number of amides is 1. The van der Waals surface area contributed by atoms with Gasteiger partial charge in [0.2, 0.25) is 0 Å². The van der Waals surface area contributed by atoms with Crippen LogP contribution < -0.4 is 5.32 Å². The number of fused-ring (bicyclic) bond motifs is 1. The van der Waals surface area contributed by atoms with Gasteiger partial charge in [-0.2, -0.15) is 0 Å². The Morgan fingerprint density at radius 3 is 2.64 bits per heavy atom. The van der Waals surface area contributed by atoms with Crippen LogP contribution in [0.2, 0.25) is 0 Å². The number of hydrogen-bond donors (Lipinski definition) is 5. The maximum absolute atomic E-state index is 12.3. The first-order valence-corrected chi connectivity index (χ1v) is 14.6. The minimum Gasteiger partial charge on any atom is -0.424 e. The van der Waals surface area contributed by atoms with Crippen LogP contribution in [-0.4, -0.2) is 89.9 Å². The molecule has 0 aromatic rings. The lowest BCUT2D eigenvalue weighted by Crippen LogP contribution is -2.52. The average Bonchev–Trinajstić information content (AvgIpc) is 3.08. The van der Waals surface area contributed by atoms with Crippen LogP contribution in [0.1, 0.15) is 39.5 Å². The molecule has 2 rings (SSSR count). The molecule has 0 aromatic heterocycles. The molecule has 1 aliphatic carbocycles. The summed E-state index contributed by atoms with van der Waals surface area (Å²) in [6, 6.07) is -0.438. The fourth-order valence-corrected chi connectivity index (χ4v) is 5.25. The summed E-state index contributed by atoms with van der Waals surface area (Å²) in [6.45, 7) is 12.5. The van der Waals surface area contributed by atoms with Gasteiger partial charge < -0.3 is 29.7 Å². The van der Waals surface area contributed by atoms with Gasteiger partial charge in [0.25, 0.3) is 5.91 Å². The molecule has 1 saturated carbocycles. The van der Waals surface area contributed by atoms with Crippen molar-refractivity contribution in [3.8, 4) is 0 Å². The van der Waals surface area contributed by atoms with E-state index in [1.807, 2.05) is 17.9 Å². The van der Waals surface area contributed by atoms with E-state index in [2.05, 4.69) is 18.5 Å². The highest BCUT2D eigenvalue weighted by molar-refractivity contribution is 6.47. The molecule has 0 aromatic carbocycles. The van der Waals surface area contributed by atoms with E-state index in [-0.39, 0.29) is 48.7 Å². The molecule has 228 valence electrons. The molecule has 3 unspecified atom stereocenters. The van der Waals surface area contributed by atoms with Gasteiger partial charge in [0.15, 0.2) is 0 Å². The zero-order valence-corrected chi connectivity index (χ0v) is 25.2. The third kappa shape index (κ3) is 10.3. The first kappa shape index (κ1) is 35.1. The van der Waals surface area contributed by atoms with Gasteiger partial charge in [-0.1, -0.05) is 74.1 Å². The normalized spacial score (nSPS) is 23.4. The van der Waals surface area contributed by atoms with Crippen LogP contribution in [0.5, 0.6) is 0 Å². The standard InChI is InChI=1S/C30H43BClN5O5/c1-5-9-23(13-14-31(39)40)30(38)35-16-17-41-18-19-42-24-11-12-27-25(20-24)28(22(6-2)10-8-15-32)36-26(7-3)29(34)37(27)21(4)33/h5-6,8-10,13-15,24-27,33-34,39-40H,1-2,7,11-12,16-20H2,3-4H3,(H,35,38)/b14-13+,15-8+,22-10+,23-9+,33-21?,34-29?/t24?,25?,26-,27?/m0/s1. The predicted octanol–water partition coefficient (Wildman–Crippen LogP) is 3.73. The van der Waals surface area contributed by atoms with E-state index in [1.165, 1.54) is 23.8 Å². The molecule has 2 aliphatic rings. The molecule has 4 atom stereocenters. The Morgan fingerprint density at radius 2 is 2.02 bits per heavy atom. The van der Waals surface area contributed by atoms with Crippen molar-refractivity contribution in [1.29, 1.82) is 10.8 Å². The highest BCUT2D eigenvalue weighted by Crippen LogP contribution is 2.36. The molecule has 1 amide bonds. The number of amidine groups is 2. The molecule has 0 radical (unpaired) electrons. The molecule has 5 N–H and O–H groups in total. The summed E-state index contributed by atoms with van der Waals surface area (Å²) < 4.78 is 11.8. The third-order valence-electron chi connectivity index (χ3n) is 7.05. The van der Waals surface area contributed by atoms with Crippen LogP contribution >= 0.6 is 11.6 Å². The Balaban J connectivity index is 1.99. The Labute approximate surface area is 254 Å². The maximum atomic E-state index is 12.3. The second kappa shape index (κ2) is 18.5. The number of rotatable bonds is 15. The first-order chi connectivity index (χ1) is 20.2. The molecular weight excluding hydrogens is 557 g/mol. The van der Waals surface area contributed by atoms with Crippen LogP contribution in [0.25, 0.3) is 0 Å². The largest absolute Gasteiger partial charge is 0.480 e. The SMILES string of the molecule is C=C/C=C(\C=C\B(O)O)C(=O)NCCOCCOC1CCC2C(C1)C(/C(C=C)=C/C=C/Cl)=N[C@@H](CC)C(=N)N2C(C)=N. The van der Waals surface area contributed by atoms with Crippen molar-refractivity contribution in [3.63, 3.8) is 0 Å². The van der Waals surface area contributed by atoms with E-state index < -0.39 is 7.12 Å². The van der Waals surface area contributed by atoms with E-state index in [0.717, 1.165) is 30.1 Å². The Hall–Kier alpha value is -3.09. The molecule has 0 bridgehead atoms. The molecule has 10 nitrogen and oxygen atoms in total. The van der Waals surface area contributed by atoms with Crippen molar-refractivity contribution < 1.29 is 24.3 Å². The molecule has 1 fully saturated rings. The van der Waals surface area contributed by atoms with Crippen molar-refractivity contribution in [2.75, 3.05) is 26.4 Å². The van der Waals surface area contributed by atoms with E-state index >= 15 is 0 Å². The number of allylic oxidation sites excluding steroid dienone is 6. The smallest absolute Gasteiger partial charge is 0.424 e. The summed E-state index contributed by atoms with van der Waals surface area (Å²) in [6.07, 6.45) is 12.4. The van der Waals surface area contributed by atoms with Crippen LogP contribution in [0, 0.1) is 16.7 Å². The zero-order chi connectivity index (χ0) is 31.1. The fraction of sp³-hybridized carbons (Fsp3) is 0.467. The topological polar surface area (TPSA) is 151 Å². The molecule has 1 aliphatic heterocycles. The lowest BCUT2D eigenvalue weighted by atomic mass is 9.77. The number of nitrogens with zero attached hydrogens (tertiary/aromatic N) is 2. The van der Waals surface area contributed by atoms with Gasteiger partial charge >= 0.3 is 7.12 Å². The van der Waals surface area contributed by atoms with Gasteiger partial charge in [-0.05, 0) is 38.2 Å². The Bertz CT molecular complexity index is 1130. The molecule has 0 spiro atoms. The summed E-state index contributed by atoms with van der Waals surface area (Å²) in [5.41, 5.74) is 3.38. The van der Waals surface area contributed by atoms with E-state index in [9.17, 15) is 4.79 Å². The summed E-state index contributed by atoms with van der Waals surface area (Å²) in [5, 5.41) is 38.0. The third-order valence-corrected chi connectivity index (χ3v) is 7.20. The fourth-order valence-electron chi connectivity index (χ4n) is 5.17. The predicted molar refractivity (Wildman–Crippen MR) is 170 cm³/mol. The van der Waals surface area contributed by atoms with Crippen LogP contribution in [0.4, 0.5) is 0 Å². The van der Waals surface area contributed by atoms with Crippen molar-refractivity contribution in [2.45, 2.75) is 57.7 Å². The van der Waals surface area contributed by atoms with Gasteiger partial charge in [0, 0.05) is 35.3 Å². The summed E-state index contributed by atoms with van der Waals surface area (Å²) >= 11 is 5.80. The number of carbonyl (C=O) groups is 1. The molecular formula is C30H43BClN5O5. The monoisotopic (exact) mass is 599 g/mol. The highest BCUT2D eigenvalue weighted by atomic mass is 35.5. The summed E-state index contributed by atoms with van der Waals surface area (Å²) in [7, 11) is -1.65. The second-order valence-electron chi connectivity index (χ2n) is 9.90. The molecule has 0 saturated heterocycles. The number of aliphatic imine (C=N–C) groups is 1. The van der Waals surface area contributed by atoms with E-state index in [0.29, 0.717) is 37.7 Å². The average molecular weight is 600 g/mol. The first-order valence-electron chi connectivity index (χ1n) is 14.1. The number of carbonyl (C=O) groups excluding carboxylic acids is 1. The van der Waals surface area contributed by atoms with Gasteiger partial charge in [-0.3, -0.25) is 20.6 Å². The minimum atomic E-state index is -1.65. The number of halogens is 1. The summed E-state index contributed by atoms with van der Waals surface area (Å²) in [4.78, 5) is 19.1. The van der Waals surface area contributed by atoms with Crippen molar-refractivity contribution in [3.05, 3.63) is 72.3 Å². The highest BCUT2D eigenvalue weighted by Gasteiger charge is 2.43. The molecule has 12 heteroatoms. The van der Waals surface area contributed by atoms with Crippen molar-refractivity contribution in [1.82, 2.24) is 10.2 Å². The van der Waals surface area contributed by atoms with Gasteiger partial charge in [-0.25, -0.2) is 0 Å². The van der Waals surface area contributed by atoms with Gasteiger partial charge in [-0.15, -0.1) is 0 Å². The lowest BCUT2D eigenvalue weighted by molar-refractivity contribution is -0.117. The Kier molecular flexibility index (Phi) is 15.4. The molecule has 42 heavy (non-hydrogen) atoms. The second-order valence-corrected chi connectivity index (χ2v) is 10.2. The number of ether oxygens (including phenoxy) is 2. The van der Waals surface area contributed by atoms with Crippen LogP contribution in [-0.2, 0) is 14.3 Å². The number of nitrogens with one attached hydrogen (secondary N) is 3. The van der Waals surface area contributed by atoms with Crippen molar-refractivity contribution in [2.24, 2.45) is 10.9 Å². The maximum Gasteiger partial charge on any atom is 0.480 e.